The lowest BCUT2D eigenvalue weighted by atomic mass is 10.0. The van der Waals surface area contributed by atoms with Gasteiger partial charge in [-0.3, -0.25) is 9.59 Å². The van der Waals surface area contributed by atoms with E-state index in [4.69, 9.17) is 14.2 Å². The number of benzene rings is 1. The van der Waals surface area contributed by atoms with E-state index in [9.17, 15) is 9.59 Å². The normalized spacial score (nSPS) is 19.1. The molecule has 0 saturated carbocycles. The average Bonchev–Trinajstić information content (AvgIpc) is 3.69. The van der Waals surface area contributed by atoms with E-state index in [0.717, 1.165) is 30.6 Å². The summed E-state index contributed by atoms with van der Waals surface area (Å²) in [6.07, 6.45) is 2.66. The van der Waals surface area contributed by atoms with Gasteiger partial charge in [0.2, 0.25) is 5.91 Å². The number of thiophene rings is 2. The number of nitrogens with zero attached hydrogens (tertiary/aromatic N) is 2. The number of ether oxygens (including phenoxy) is 3. The van der Waals surface area contributed by atoms with Crippen molar-refractivity contribution in [2.75, 3.05) is 40.0 Å². The van der Waals surface area contributed by atoms with E-state index in [0.29, 0.717) is 36.9 Å². The molecule has 2 aliphatic heterocycles. The van der Waals surface area contributed by atoms with E-state index in [1.165, 1.54) is 16.2 Å². The standard InChI is InChI=1S/C27H30N2O5S2/c1-32-19-5-2-6-20(15-19)34-18-23-22-10-14-36-24(22)9-11-29(23)26(30)17-28(16-21-7-3-12-33-21)27(31)25-8-4-13-35-25/h2,4-6,8,10,13-15,21,23H,3,7,9,11-12,16-18H2,1H3/t21-,23-/m1/s1. The van der Waals surface area contributed by atoms with E-state index >= 15 is 0 Å². The second-order valence-electron chi connectivity index (χ2n) is 8.94. The van der Waals surface area contributed by atoms with Gasteiger partial charge in [-0.05, 0) is 59.9 Å². The van der Waals surface area contributed by atoms with Crippen LogP contribution >= 0.6 is 22.7 Å². The molecular formula is C27H30N2O5S2. The monoisotopic (exact) mass is 526 g/mol. The lowest BCUT2D eigenvalue weighted by molar-refractivity contribution is -0.135. The number of methoxy groups -OCH3 is 1. The first-order valence-electron chi connectivity index (χ1n) is 12.2. The Morgan fingerprint density at radius 2 is 2.03 bits per heavy atom. The molecule has 0 radical (unpaired) electrons. The van der Waals surface area contributed by atoms with Crippen molar-refractivity contribution in [2.24, 2.45) is 0 Å². The fourth-order valence-electron chi connectivity index (χ4n) is 4.80. The third-order valence-corrected chi connectivity index (χ3v) is 8.51. The van der Waals surface area contributed by atoms with Crippen molar-refractivity contribution >= 4 is 34.5 Å². The minimum Gasteiger partial charge on any atom is -0.497 e. The van der Waals surface area contributed by atoms with Crippen LogP contribution in [0.3, 0.4) is 0 Å². The molecule has 9 heteroatoms. The number of amides is 2. The van der Waals surface area contributed by atoms with E-state index in [-0.39, 0.29) is 30.5 Å². The number of hydrogen-bond acceptors (Lipinski definition) is 7. The molecule has 0 N–H and O–H groups in total. The van der Waals surface area contributed by atoms with Crippen LogP contribution < -0.4 is 9.47 Å². The first kappa shape index (κ1) is 24.8. The smallest absolute Gasteiger partial charge is 0.264 e. The first-order valence-corrected chi connectivity index (χ1v) is 14.0. The lowest BCUT2D eigenvalue weighted by Gasteiger charge is -2.37. The van der Waals surface area contributed by atoms with Crippen molar-refractivity contribution in [3.63, 3.8) is 0 Å². The van der Waals surface area contributed by atoms with Crippen LogP contribution in [-0.4, -0.2) is 67.7 Å². The molecule has 2 aliphatic rings. The second-order valence-corrected chi connectivity index (χ2v) is 10.9. The maximum Gasteiger partial charge on any atom is 0.264 e. The van der Waals surface area contributed by atoms with Crippen LogP contribution in [0.2, 0.25) is 0 Å². The van der Waals surface area contributed by atoms with Crippen molar-refractivity contribution in [1.82, 2.24) is 9.80 Å². The zero-order valence-corrected chi connectivity index (χ0v) is 21.9. The van der Waals surface area contributed by atoms with Gasteiger partial charge in [0.1, 0.15) is 24.7 Å². The van der Waals surface area contributed by atoms with Gasteiger partial charge in [-0.1, -0.05) is 12.1 Å². The summed E-state index contributed by atoms with van der Waals surface area (Å²) in [7, 11) is 1.62. The molecule has 7 nitrogen and oxygen atoms in total. The number of carbonyl (C=O) groups is 2. The fraction of sp³-hybridized carbons (Fsp3) is 0.407. The van der Waals surface area contributed by atoms with Gasteiger partial charge in [-0.15, -0.1) is 22.7 Å². The Morgan fingerprint density at radius 3 is 2.81 bits per heavy atom. The summed E-state index contributed by atoms with van der Waals surface area (Å²) in [4.78, 5) is 32.5. The summed E-state index contributed by atoms with van der Waals surface area (Å²) in [5.74, 6) is 1.22. The van der Waals surface area contributed by atoms with Crippen LogP contribution in [0.15, 0.2) is 53.2 Å². The molecule has 3 aromatic rings. The van der Waals surface area contributed by atoms with E-state index in [1.807, 2.05) is 46.7 Å². The molecule has 1 fully saturated rings. The zero-order chi connectivity index (χ0) is 24.9. The Balaban J connectivity index is 1.33. The maximum absolute atomic E-state index is 13.7. The molecule has 4 heterocycles. The van der Waals surface area contributed by atoms with Crippen LogP contribution in [0.5, 0.6) is 11.5 Å². The molecule has 2 amide bonds. The van der Waals surface area contributed by atoms with Crippen LogP contribution in [0.4, 0.5) is 0 Å². The maximum atomic E-state index is 13.7. The SMILES string of the molecule is COc1cccc(OC[C@@H]2c3ccsc3CCN2C(=O)CN(C[C@H]2CCCO2)C(=O)c2cccs2)c1. The number of fused-ring (bicyclic) bond motifs is 1. The van der Waals surface area contributed by atoms with Crippen LogP contribution in [0.25, 0.3) is 0 Å². The Labute approximate surface area is 219 Å². The summed E-state index contributed by atoms with van der Waals surface area (Å²) in [5, 5.41) is 3.95. The number of carbonyl (C=O) groups excluding carboxylic acids is 2. The van der Waals surface area contributed by atoms with Crippen LogP contribution in [-0.2, 0) is 16.0 Å². The Bertz CT molecular complexity index is 1170. The Kier molecular flexibility index (Phi) is 7.89. The lowest BCUT2D eigenvalue weighted by Crippen LogP contribution is -2.49. The molecule has 2 atom stereocenters. The molecule has 190 valence electrons. The molecule has 0 unspecified atom stereocenters. The molecule has 0 bridgehead atoms. The minimum absolute atomic E-state index is 0.0196. The van der Waals surface area contributed by atoms with Gasteiger partial charge in [0.25, 0.3) is 5.91 Å². The number of rotatable bonds is 9. The third-order valence-electron chi connectivity index (χ3n) is 6.66. The summed E-state index contributed by atoms with van der Waals surface area (Å²) >= 11 is 3.11. The summed E-state index contributed by atoms with van der Waals surface area (Å²) < 4.78 is 17.3. The van der Waals surface area contributed by atoms with E-state index in [1.54, 1.807) is 23.3 Å². The van der Waals surface area contributed by atoms with Crippen molar-refractivity contribution < 1.29 is 23.8 Å². The molecule has 36 heavy (non-hydrogen) atoms. The Hall–Kier alpha value is -2.88. The highest BCUT2D eigenvalue weighted by atomic mass is 32.1. The Morgan fingerprint density at radius 1 is 1.14 bits per heavy atom. The van der Waals surface area contributed by atoms with E-state index < -0.39 is 0 Å². The van der Waals surface area contributed by atoms with Gasteiger partial charge in [0.15, 0.2) is 0 Å². The van der Waals surface area contributed by atoms with Crippen LogP contribution in [0, 0.1) is 0 Å². The summed E-state index contributed by atoms with van der Waals surface area (Å²) in [6.45, 7) is 2.07. The highest BCUT2D eigenvalue weighted by Gasteiger charge is 2.34. The first-order chi connectivity index (χ1) is 17.6. The van der Waals surface area contributed by atoms with Gasteiger partial charge in [-0.25, -0.2) is 0 Å². The molecule has 0 spiro atoms. The average molecular weight is 527 g/mol. The van der Waals surface area contributed by atoms with Gasteiger partial charge in [0, 0.05) is 30.6 Å². The quantitative estimate of drug-likeness (QED) is 0.406. The van der Waals surface area contributed by atoms with Gasteiger partial charge >= 0.3 is 0 Å². The van der Waals surface area contributed by atoms with Gasteiger partial charge < -0.3 is 24.0 Å². The molecule has 1 saturated heterocycles. The van der Waals surface area contributed by atoms with Crippen molar-refractivity contribution in [3.05, 3.63) is 68.5 Å². The predicted molar refractivity (Wildman–Crippen MR) is 140 cm³/mol. The van der Waals surface area contributed by atoms with Gasteiger partial charge in [-0.2, -0.15) is 0 Å². The topological polar surface area (TPSA) is 68.3 Å². The number of hydrogen-bond donors (Lipinski definition) is 0. The molecule has 1 aromatic carbocycles. The fourth-order valence-corrected chi connectivity index (χ4v) is 6.42. The summed E-state index contributed by atoms with van der Waals surface area (Å²) in [5.41, 5.74) is 1.12. The molecule has 2 aromatic heterocycles. The summed E-state index contributed by atoms with van der Waals surface area (Å²) in [6, 6.07) is 13.0. The molecule has 5 rings (SSSR count). The molecule has 0 aliphatic carbocycles. The highest BCUT2D eigenvalue weighted by molar-refractivity contribution is 7.12. The van der Waals surface area contributed by atoms with Gasteiger partial charge in [0.05, 0.1) is 24.1 Å². The van der Waals surface area contributed by atoms with Crippen molar-refractivity contribution in [1.29, 1.82) is 0 Å². The van der Waals surface area contributed by atoms with Crippen molar-refractivity contribution in [3.8, 4) is 11.5 Å². The highest BCUT2D eigenvalue weighted by Crippen LogP contribution is 2.34. The second kappa shape index (κ2) is 11.5. The van der Waals surface area contributed by atoms with Crippen LogP contribution in [0.1, 0.15) is 39.0 Å². The third kappa shape index (κ3) is 5.58. The largest absolute Gasteiger partial charge is 0.497 e. The predicted octanol–water partition coefficient (Wildman–Crippen LogP) is 4.64. The van der Waals surface area contributed by atoms with Crippen molar-refractivity contribution in [2.45, 2.75) is 31.4 Å². The molecular weight excluding hydrogens is 496 g/mol. The zero-order valence-electron chi connectivity index (χ0n) is 20.3. The van der Waals surface area contributed by atoms with E-state index in [2.05, 4.69) is 11.4 Å². The minimum atomic E-state index is -0.222.